The monoisotopic (exact) mass is 298 g/mol. The van der Waals surface area contributed by atoms with Crippen LogP contribution in [0.2, 0.25) is 0 Å². The lowest BCUT2D eigenvalue weighted by Gasteiger charge is -2.15. The van der Waals surface area contributed by atoms with Gasteiger partial charge in [0.2, 0.25) is 6.10 Å². The number of aliphatic hydroxyl groups excluding tert-OH is 1. The lowest BCUT2D eigenvalue weighted by molar-refractivity contribution is -0.134. The number of nitriles is 2. The van der Waals surface area contributed by atoms with E-state index in [0.717, 1.165) is 0 Å². The predicted octanol–water partition coefficient (Wildman–Crippen LogP) is 0.778. The molecule has 2 rings (SSSR count). The highest BCUT2D eigenvalue weighted by Gasteiger charge is 2.36. The molecule has 0 spiro atoms. The summed E-state index contributed by atoms with van der Waals surface area (Å²) in [6.45, 7) is 1.75. The van der Waals surface area contributed by atoms with E-state index in [0.29, 0.717) is 12.1 Å². The number of ether oxygens (including phenoxy) is 1. The van der Waals surface area contributed by atoms with Crippen LogP contribution in [0.1, 0.15) is 24.5 Å². The highest BCUT2D eigenvalue weighted by molar-refractivity contribution is 6.10. The maximum Gasteiger partial charge on any atom is 0.289 e. The van der Waals surface area contributed by atoms with Crippen LogP contribution < -0.4 is 4.74 Å². The van der Waals surface area contributed by atoms with Crippen LogP contribution in [-0.4, -0.2) is 41.0 Å². The number of nitrogens with zero attached hydrogens (tertiary/aromatic N) is 4. The van der Waals surface area contributed by atoms with Crippen molar-refractivity contribution in [3.05, 3.63) is 29.3 Å². The third kappa shape index (κ3) is 3.05. The molecule has 1 aromatic carbocycles. The summed E-state index contributed by atoms with van der Waals surface area (Å²) in [7, 11) is 0. The van der Waals surface area contributed by atoms with Gasteiger partial charge in [0, 0.05) is 0 Å². The molecule has 0 bridgehead atoms. The number of hydrogen-bond acceptors (Lipinski definition) is 6. The molecule has 22 heavy (non-hydrogen) atoms. The largest absolute Gasteiger partial charge is 0.474 e. The molecule has 1 N–H and O–H groups in total. The highest BCUT2D eigenvalue weighted by Crippen LogP contribution is 2.22. The molecule has 1 aliphatic rings. The highest BCUT2D eigenvalue weighted by atomic mass is 16.5. The van der Waals surface area contributed by atoms with Crippen LogP contribution in [0.3, 0.4) is 0 Å². The second kappa shape index (κ2) is 6.70. The van der Waals surface area contributed by atoms with Crippen LogP contribution >= 0.6 is 0 Å². The van der Waals surface area contributed by atoms with Gasteiger partial charge in [-0.1, -0.05) is 6.92 Å². The van der Waals surface area contributed by atoms with Gasteiger partial charge in [-0.3, -0.25) is 4.79 Å². The smallest absolute Gasteiger partial charge is 0.289 e. The van der Waals surface area contributed by atoms with Crippen LogP contribution in [-0.2, 0) is 4.79 Å². The fourth-order valence-corrected chi connectivity index (χ4v) is 2.10. The number of hydrogen-bond donors (Lipinski definition) is 1. The van der Waals surface area contributed by atoms with Crippen molar-refractivity contribution < 1.29 is 14.6 Å². The molecule has 0 radical (unpaired) electrons. The van der Waals surface area contributed by atoms with Crippen molar-refractivity contribution in [3.8, 4) is 17.9 Å². The van der Waals surface area contributed by atoms with E-state index < -0.39 is 6.10 Å². The maximum atomic E-state index is 12.2. The van der Waals surface area contributed by atoms with Gasteiger partial charge in [-0.2, -0.15) is 15.6 Å². The molecule has 7 heteroatoms. The second-order valence-electron chi connectivity index (χ2n) is 4.60. The molecule has 0 aromatic heterocycles. The molecule has 0 saturated carbocycles. The normalized spacial score (nSPS) is 16.9. The Hall–Kier alpha value is -2.90. The molecule has 1 heterocycles. The molecular formula is C15H14N4O3. The summed E-state index contributed by atoms with van der Waals surface area (Å²) >= 11 is 0. The Kier molecular flexibility index (Phi) is 4.72. The fraction of sp³-hybridized carbons (Fsp3) is 0.333. The summed E-state index contributed by atoms with van der Waals surface area (Å²) in [6.07, 6.45) is -0.376. The fourth-order valence-electron chi connectivity index (χ4n) is 2.10. The lowest BCUT2D eigenvalue weighted by Crippen LogP contribution is -2.37. The average Bonchev–Trinajstić information content (AvgIpc) is 2.83. The number of hydrazone groups is 1. The molecule has 0 fully saturated rings. The molecule has 7 nitrogen and oxygen atoms in total. The Morgan fingerprint density at radius 2 is 1.95 bits per heavy atom. The summed E-state index contributed by atoms with van der Waals surface area (Å²) < 4.78 is 5.65. The quantitative estimate of drug-likeness (QED) is 0.863. The van der Waals surface area contributed by atoms with E-state index in [1.807, 2.05) is 19.1 Å². The maximum absolute atomic E-state index is 12.2. The predicted molar refractivity (Wildman–Crippen MR) is 76.8 cm³/mol. The van der Waals surface area contributed by atoms with Crippen LogP contribution in [0.25, 0.3) is 0 Å². The van der Waals surface area contributed by atoms with E-state index >= 15 is 0 Å². The first-order chi connectivity index (χ1) is 10.6. The van der Waals surface area contributed by atoms with Crippen LogP contribution in [0.4, 0.5) is 0 Å². The molecule has 1 aromatic rings. The van der Waals surface area contributed by atoms with Crippen LogP contribution in [0, 0.1) is 22.7 Å². The standard InChI is InChI=1S/C15H14N4O3/c1-2-13-14(15(21)19(18-13)3-4-20)22-12-6-10(8-16)5-11(7-12)9-17/h5-7,14,20H,2-4H2,1H3. The summed E-state index contributed by atoms with van der Waals surface area (Å²) in [5.41, 5.74) is 1.10. The molecule has 1 aliphatic heterocycles. The number of rotatable bonds is 5. The van der Waals surface area contributed by atoms with Crippen LogP contribution in [0.5, 0.6) is 5.75 Å². The number of β-amino-alcohol motifs (C(OH)–C–C–N with tert-alkyl or cyclic N) is 1. The van der Waals surface area contributed by atoms with Gasteiger partial charge in [-0.15, -0.1) is 0 Å². The van der Waals surface area contributed by atoms with E-state index in [1.165, 1.54) is 23.2 Å². The lowest BCUT2D eigenvalue weighted by atomic mass is 10.1. The summed E-state index contributed by atoms with van der Waals surface area (Å²) in [5, 5.41) is 32.2. The van der Waals surface area contributed by atoms with Crippen LogP contribution in [0.15, 0.2) is 23.3 Å². The van der Waals surface area contributed by atoms with Crippen molar-refractivity contribution in [1.82, 2.24) is 5.01 Å². The number of carbonyl (C=O) groups is 1. The zero-order chi connectivity index (χ0) is 16.1. The van der Waals surface area contributed by atoms with Gasteiger partial charge in [0.1, 0.15) is 5.75 Å². The minimum atomic E-state index is -0.892. The van der Waals surface area contributed by atoms with E-state index in [9.17, 15) is 4.79 Å². The molecule has 112 valence electrons. The Bertz CT molecular complexity index is 667. The van der Waals surface area contributed by atoms with Crippen molar-refractivity contribution in [2.24, 2.45) is 5.10 Å². The van der Waals surface area contributed by atoms with E-state index in [1.54, 1.807) is 0 Å². The van der Waals surface area contributed by atoms with Gasteiger partial charge in [-0.05, 0) is 24.6 Å². The zero-order valence-electron chi connectivity index (χ0n) is 12.0. The molecular weight excluding hydrogens is 284 g/mol. The molecule has 1 atom stereocenters. The van der Waals surface area contributed by atoms with Gasteiger partial charge >= 0.3 is 0 Å². The van der Waals surface area contributed by atoms with Gasteiger partial charge in [0.15, 0.2) is 0 Å². The minimum Gasteiger partial charge on any atom is -0.474 e. The van der Waals surface area contributed by atoms with Gasteiger partial charge in [0.25, 0.3) is 5.91 Å². The van der Waals surface area contributed by atoms with Gasteiger partial charge in [-0.25, -0.2) is 5.01 Å². The average molecular weight is 298 g/mol. The number of carbonyl (C=O) groups excluding carboxylic acids is 1. The number of benzene rings is 1. The first kappa shape index (κ1) is 15.5. The SMILES string of the molecule is CCC1=NN(CCO)C(=O)C1Oc1cc(C#N)cc(C#N)c1. The van der Waals surface area contributed by atoms with Gasteiger partial charge in [0.05, 0.1) is 42.1 Å². The minimum absolute atomic E-state index is 0.101. The van der Waals surface area contributed by atoms with Crippen molar-refractivity contribution in [3.63, 3.8) is 0 Å². The Morgan fingerprint density at radius 3 is 2.45 bits per heavy atom. The van der Waals surface area contributed by atoms with E-state index in [-0.39, 0.29) is 35.9 Å². The van der Waals surface area contributed by atoms with E-state index in [4.69, 9.17) is 20.4 Å². The number of aliphatic hydroxyl groups is 1. The van der Waals surface area contributed by atoms with Crippen molar-refractivity contribution >= 4 is 11.6 Å². The first-order valence-electron chi connectivity index (χ1n) is 6.74. The molecule has 0 saturated heterocycles. The Balaban J connectivity index is 2.27. The summed E-state index contributed by atoms with van der Waals surface area (Å²) in [6, 6.07) is 8.26. The third-order valence-corrected chi connectivity index (χ3v) is 3.12. The van der Waals surface area contributed by atoms with Crippen molar-refractivity contribution in [2.45, 2.75) is 19.4 Å². The zero-order valence-corrected chi connectivity index (χ0v) is 12.0. The first-order valence-corrected chi connectivity index (χ1v) is 6.74. The van der Waals surface area contributed by atoms with Crippen molar-refractivity contribution in [1.29, 1.82) is 10.5 Å². The number of amides is 1. The van der Waals surface area contributed by atoms with E-state index in [2.05, 4.69) is 5.10 Å². The summed E-state index contributed by atoms with van der Waals surface area (Å²) in [5.74, 6) is -0.104. The van der Waals surface area contributed by atoms with Crippen molar-refractivity contribution in [2.75, 3.05) is 13.2 Å². The summed E-state index contributed by atoms with van der Waals surface area (Å²) in [4.78, 5) is 12.2. The second-order valence-corrected chi connectivity index (χ2v) is 4.60. The Morgan fingerprint density at radius 1 is 1.32 bits per heavy atom. The third-order valence-electron chi connectivity index (χ3n) is 3.12. The molecule has 1 amide bonds. The molecule has 0 aliphatic carbocycles. The topological polar surface area (TPSA) is 110 Å². The Labute approximate surface area is 127 Å². The molecule has 1 unspecified atom stereocenters. The van der Waals surface area contributed by atoms with Gasteiger partial charge < -0.3 is 9.84 Å².